The summed E-state index contributed by atoms with van der Waals surface area (Å²) in [7, 11) is 0. The maximum atomic E-state index is 12.7. The average Bonchev–Trinajstić information content (AvgIpc) is 2.94. The molecule has 2 N–H and O–H groups in total. The zero-order valence-corrected chi connectivity index (χ0v) is 17.4. The fraction of sp³-hybridized carbons (Fsp3) is 0.350. The van der Waals surface area contributed by atoms with Crippen molar-refractivity contribution in [3.63, 3.8) is 0 Å². The highest BCUT2D eigenvalue weighted by Gasteiger charge is 2.26. The standard InChI is InChI=1S/C20H22N2O6S/c1-10-12(3)29-19(21-13(4)23)17(10)20(25)28-11(2)18(24)22-14-5-6-15-16(9-14)27-8-7-26-15/h5-6,9,11H,7-8H2,1-4H3,(H,21,23)(H,22,24)/t11-/m0/s1. The Morgan fingerprint density at radius 2 is 1.79 bits per heavy atom. The summed E-state index contributed by atoms with van der Waals surface area (Å²) in [6.45, 7) is 7.39. The molecule has 0 spiro atoms. The van der Waals surface area contributed by atoms with E-state index in [0.29, 0.717) is 41.0 Å². The Morgan fingerprint density at radius 1 is 1.10 bits per heavy atom. The second-order valence-corrected chi connectivity index (χ2v) is 7.79. The lowest BCUT2D eigenvalue weighted by molar-refractivity contribution is -0.123. The van der Waals surface area contributed by atoms with E-state index in [1.807, 2.05) is 6.92 Å². The molecular formula is C20H22N2O6S. The molecule has 8 nitrogen and oxygen atoms in total. The second-order valence-electron chi connectivity index (χ2n) is 6.56. The van der Waals surface area contributed by atoms with Crippen molar-refractivity contribution in [1.29, 1.82) is 0 Å². The molecule has 1 aliphatic rings. The molecule has 2 heterocycles. The van der Waals surface area contributed by atoms with Crippen LogP contribution in [-0.4, -0.2) is 37.1 Å². The van der Waals surface area contributed by atoms with Gasteiger partial charge in [0.2, 0.25) is 5.91 Å². The summed E-state index contributed by atoms with van der Waals surface area (Å²) in [6, 6.07) is 5.04. The number of anilines is 2. The van der Waals surface area contributed by atoms with E-state index in [0.717, 1.165) is 4.88 Å². The van der Waals surface area contributed by atoms with E-state index in [4.69, 9.17) is 14.2 Å². The zero-order chi connectivity index (χ0) is 21.1. The Morgan fingerprint density at radius 3 is 2.48 bits per heavy atom. The van der Waals surface area contributed by atoms with Gasteiger partial charge < -0.3 is 24.8 Å². The van der Waals surface area contributed by atoms with Crippen LogP contribution in [0.5, 0.6) is 11.5 Å². The van der Waals surface area contributed by atoms with E-state index in [2.05, 4.69) is 10.6 Å². The van der Waals surface area contributed by atoms with Crippen molar-refractivity contribution in [2.75, 3.05) is 23.8 Å². The Labute approximate surface area is 172 Å². The monoisotopic (exact) mass is 418 g/mol. The molecule has 1 aliphatic heterocycles. The van der Waals surface area contributed by atoms with Crippen molar-refractivity contribution >= 4 is 39.8 Å². The highest BCUT2D eigenvalue weighted by Crippen LogP contribution is 2.34. The number of thiophene rings is 1. The fourth-order valence-electron chi connectivity index (χ4n) is 2.76. The number of hydrogen-bond donors (Lipinski definition) is 2. The van der Waals surface area contributed by atoms with Crippen molar-refractivity contribution in [2.24, 2.45) is 0 Å². The SMILES string of the molecule is CC(=O)Nc1sc(C)c(C)c1C(=O)O[C@@H](C)C(=O)Nc1ccc2c(c1)OCCO2. The van der Waals surface area contributed by atoms with Crippen LogP contribution in [0.1, 0.15) is 34.6 Å². The molecule has 29 heavy (non-hydrogen) atoms. The normalized spacial score (nSPS) is 13.4. The maximum Gasteiger partial charge on any atom is 0.342 e. The number of fused-ring (bicyclic) bond motifs is 1. The van der Waals surface area contributed by atoms with Gasteiger partial charge >= 0.3 is 5.97 Å². The van der Waals surface area contributed by atoms with Gasteiger partial charge in [0.15, 0.2) is 17.6 Å². The first-order valence-electron chi connectivity index (χ1n) is 9.05. The summed E-state index contributed by atoms with van der Waals surface area (Å²) in [5, 5.41) is 5.75. The molecular weight excluding hydrogens is 396 g/mol. The molecule has 1 atom stereocenters. The van der Waals surface area contributed by atoms with Gasteiger partial charge in [0, 0.05) is 23.6 Å². The first-order valence-corrected chi connectivity index (χ1v) is 9.87. The first-order chi connectivity index (χ1) is 13.8. The number of esters is 1. The van der Waals surface area contributed by atoms with Gasteiger partial charge in [-0.2, -0.15) is 0 Å². The number of nitrogens with one attached hydrogen (secondary N) is 2. The molecule has 0 unspecified atom stereocenters. The first kappa shape index (κ1) is 20.7. The van der Waals surface area contributed by atoms with E-state index in [9.17, 15) is 14.4 Å². The maximum absolute atomic E-state index is 12.7. The summed E-state index contributed by atoms with van der Waals surface area (Å²) < 4.78 is 16.3. The van der Waals surface area contributed by atoms with Gasteiger partial charge in [-0.05, 0) is 38.5 Å². The van der Waals surface area contributed by atoms with Crippen LogP contribution in [0.2, 0.25) is 0 Å². The largest absolute Gasteiger partial charge is 0.486 e. The van der Waals surface area contributed by atoms with Crippen LogP contribution in [0, 0.1) is 13.8 Å². The lowest BCUT2D eigenvalue weighted by Crippen LogP contribution is -2.30. The van der Waals surface area contributed by atoms with E-state index in [1.165, 1.54) is 25.2 Å². The van der Waals surface area contributed by atoms with Crippen LogP contribution in [0.3, 0.4) is 0 Å². The molecule has 154 valence electrons. The number of amides is 2. The minimum Gasteiger partial charge on any atom is -0.486 e. The van der Waals surface area contributed by atoms with Gasteiger partial charge in [0.1, 0.15) is 18.2 Å². The van der Waals surface area contributed by atoms with E-state index < -0.39 is 18.0 Å². The minimum absolute atomic E-state index is 0.265. The summed E-state index contributed by atoms with van der Waals surface area (Å²) >= 11 is 1.29. The lowest BCUT2D eigenvalue weighted by Gasteiger charge is -2.19. The molecule has 1 aromatic carbocycles. The van der Waals surface area contributed by atoms with Crippen LogP contribution in [-0.2, 0) is 14.3 Å². The average molecular weight is 418 g/mol. The molecule has 0 aliphatic carbocycles. The third-order valence-electron chi connectivity index (χ3n) is 4.34. The molecule has 0 bridgehead atoms. The Hall–Kier alpha value is -3.07. The van der Waals surface area contributed by atoms with Crippen LogP contribution in [0.25, 0.3) is 0 Å². The molecule has 9 heteroatoms. The molecule has 1 aromatic heterocycles. The molecule has 0 fully saturated rings. The topological polar surface area (TPSA) is 103 Å². The second kappa shape index (κ2) is 8.52. The number of hydrogen-bond acceptors (Lipinski definition) is 7. The molecule has 0 saturated carbocycles. The van der Waals surface area contributed by atoms with Crippen LogP contribution >= 0.6 is 11.3 Å². The van der Waals surface area contributed by atoms with E-state index in [-0.39, 0.29) is 11.5 Å². The van der Waals surface area contributed by atoms with Crippen molar-refractivity contribution in [2.45, 2.75) is 33.8 Å². The Bertz CT molecular complexity index is 968. The minimum atomic E-state index is -1.04. The summed E-state index contributed by atoms with van der Waals surface area (Å²) in [5.41, 5.74) is 1.48. The van der Waals surface area contributed by atoms with Crippen molar-refractivity contribution in [3.05, 3.63) is 34.2 Å². The molecule has 0 saturated heterocycles. The number of carbonyl (C=O) groups is 3. The lowest BCUT2D eigenvalue weighted by atomic mass is 10.1. The number of benzene rings is 1. The number of rotatable bonds is 5. The smallest absolute Gasteiger partial charge is 0.342 e. The van der Waals surface area contributed by atoms with Crippen molar-refractivity contribution in [1.82, 2.24) is 0 Å². The molecule has 0 radical (unpaired) electrons. The number of carbonyl (C=O) groups excluding carboxylic acids is 3. The molecule has 2 aromatic rings. The summed E-state index contributed by atoms with van der Waals surface area (Å²) in [6.07, 6.45) is -1.04. The summed E-state index contributed by atoms with van der Waals surface area (Å²) in [4.78, 5) is 37.4. The predicted octanol–water partition coefficient (Wildman–Crippen LogP) is 3.28. The van der Waals surface area contributed by atoms with Crippen LogP contribution < -0.4 is 20.1 Å². The van der Waals surface area contributed by atoms with Gasteiger partial charge in [-0.15, -0.1) is 11.3 Å². The van der Waals surface area contributed by atoms with E-state index >= 15 is 0 Å². The number of ether oxygens (including phenoxy) is 3. The van der Waals surface area contributed by atoms with Crippen molar-refractivity contribution < 1.29 is 28.6 Å². The third-order valence-corrected chi connectivity index (χ3v) is 5.46. The zero-order valence-electron chi connectivity index (χ0n) is 16.6. The molecule has 3 rings (SSSR count). The predicted molar refractivity (Wildman–Crippen MR) is 109 cm³/mol. The Kier molecular flexibility index (Phi) is 6.07. The summed E-state index contributed by atoms with van der Waals surface area (Å²) in [5.74, 6) is -0.281. The highest BCUT2D eigenvalue weighted by molar-refractivity contribution is 7.16. The van der Waals surface area contributed by atoms with Gasteiger partial charge in [0.25, 0.3) is 5.91 Å². The highest BCUT2D eigenvalue weighted by atomic mass is 32.1. The van der Waals surface area contributed by atoms with Gasteiger partial charge in [-0.25, -0.2) is 4.79 Å². The molecule has 2 amide bonds. The number of aryl methyl sites for hydroxylation is 1. The van der Waals surface area contributed by atoms with E-state index in [1.54, 1.807) is 25.1 Å². The van der Waals surface area contributed by atoms with Gasteiger partial charge in [-0.1, -0.05) is 0 Å². The van der Waals surface area contributed by atoms with Crippen molar-refractivity contribution in [3.8, 4) is 11.5 Å². The quantitative estimate of drug-likeness (QED) is 0.723. The third kappa shape index (κ3) is 4.68. The van der Waals surface area contributed by atoms with Crippen LogP contribution in [0.15, 0.2) is 18.2 Å². The van der Waals surface area contributed by atoms with Crippen LogP contribution in [0.4, 0.5) is 10.7 Å². The Balaban J connectivity index is 1.68. The van der Waals surface area contributed by atoms with Gasteiger partial charge in [0.05, 0.1) is 5.56 Å². The fourth-order valence-corrected chi connectivity index (χ4v) is 3.85. The van der Waals surface area contributed by atoms with Gasteiger partial charge in [-0.3, -0.25) is 9.59 Å².